The molecule has 18 heavy (non-hydrogen) atoms. The molecule has 0 aromatic heterocycles. The highest BCUT2D eigenvalue weighted by molar-refractivity contribution is 9.10. The lowest BCUT2D eigenvalue weighted by Crippen LogP contribution is -2.43. The molecule has 5 heteroatoms. The van der Waals surface area contributed by atoms with Crippen LogP contribution < -0.4 is 4.74 Å². The van der Waals surface area contributed by atoms with E-state index in [-0.39, 0.29) is 12.0 Å². The maximum atomic E-state index is 13.5. The molecule has 0 radical (unpaired) electrons. The standard InChI is InChI=1S/C13H16BrFO3/c1-13(2)5-12(10(17)6-16)18-11-4-9(15)8(14)3-7(11)13/h3-4,10,12,16-17H,5-6H2,1-2H3/t10-,12-/m0/s1. The Hall–Kier alpha value is -0.650. The van der Waals surface area contributed by atoms with Gasteiger partial charge in [0, 0.05) is 11.6 Å². The molecule has 0 aliphatic carbocycles. The Morgan fingerprint density at radius 1 is 1.56 bits per heavy atom. The van der Waals surface area contributed by atoms with E-state index in [2.05, 4.69) is 15.9 Å². The molecular formula is C13H16BrFO3. The van der Waals surface area contributed by atoms with Crippen molar-refractivity contribution in [2.24, 2.45) is 0 Å². The summed E-state index contributed by atoms with van der Waals surface area (Å²) in [7, 11) is 0. The Kier molecular flexibility index (Phi) is 3.67. The van der Waals surface area contributed by atoms with Crippen LogP contribution in [0.15, 0.2) is 16.6 Å². The predicted molar refractivity (Wildman–Crippen MR) is 69.3 cm³/mol. The van der Waals surface area contributed by atoms with Gasteiger partial charge in [-0.3, -0.25) is 0 Å². The van der Waals surface area contributed by atoms with Crippen molar-refractivity contribution in [2.45, 2.75) is 37.9 Å². The zero-order valence-corrected chi connectivity index (χ0v) is 11.9. The van der Waals surface area contributed by atoms with Crippen LogP contribution in [0, 0.1) is 5.82 Å². The molecule has 100 valence electrons. The normalized spacial score (nSPS) is 23.1. The second kappa shape index (κ2) is 4.79. The number of aliphatic hydroxyl groups excluding tert-OH is 2. The van der Waals surface area contributed by atoms with E-state index < -0.39 is 18.0 Å². The molecule has 1 aromatic rings. The second-order valence-corrected chi connectivity index (χ2v) is 6.11. The summed E-state index contributed by atoms with van der Waals surface area (Å²) in [4.78, 5) is 0. The topological polar surface area (TPSA) is 49.7 Å². The van der Waals surface area contributed by atoms with Gasteiger partial charge in [0.1, 0.15) is 23.8 Å². The first-order chi connectivity index (χ1) is 8.35. The van der Waals surface area contributed by atoms with Gasteiger partial charge in [-0.25, -0.2) is 4.39 Å². The minimum absolute atomic E-state index is 0.245. The molecule has 1 aliphatic rings. The quantitative estimate of drug-likeness (QED) is 0.880. The third kappa shape index (κ3) is 2.39. The van der Waals surface area contributed by atoms with Gasteiger partial charge in [0.2, 0.25) is 0 Å². The second-order valence-electron chi connectivity index (χ2n) is 5.26. The molecule has 0 saturated carbocycles. The number of aliphatic hydroxyl groups is 2. The van der Waals surface area contributed by atoms with E-state index in [4.69, 9.17) is 9.84 Å². The highest BCUT2D eigenvalue weighted by atomic mass is 79.9. The summed E-state index contributed by atoms with van der Waals surface area (Å²) >= 11 is 3.16. The number of ether oxygens (including phenoxy) is 1. The van der Waals surface area contributed by atoms with Gasteiger partial charge in [-0.1, -0.05) is 13.8 Å². The van der Waals surface area contributed by atoms with Crippen molar-refractivity contribution in [3.8, 4) is 5.75 Å². The summed E-state index contributed by atoms with van der Waals surface area (Å²) in [5, 5.41) is 18.7. The van der Waals surface area contributed by atoms with Gasteiger partial charge in [0.05, 0.1) is 11.1 Å². The molecule has 1 aromatic carbocycles. The summed E-state index contributed by atoms with van der Waals surface area (Å²) in [5.41, 5.74) is 0.655. The lowest BCUT2D eigenvalue weighted by atomic mass is 9.76. The SMILES string of the molecule is CC1(C)C[C@@H]([C@@H](O)CO)Oc2cc(F)c(Br)cc21. The van der Waals surface area contributed by atoms with E-state index in [9.17, 15) is 9.50 Å². The molecule has 0 unspecified atom stereocenters. The number of halogens is 2. The zero-order chi connectivity index (χ0) is 13.5. The molecule has 2 rings (SSSR count). The minimum atomic E-state index is -0.955. The monoisotopic (exact) mass is 318 g/mol. The maximum Gasteiger partial charge on any atom is 0.141 e. The Labute approximate surface area is 114 Å². The van der Waals surface area contributed by atoms with E-state index in [0.717, 1.165) is 5.56 Å². The first kappa shape index (κ1) is 13.8. The van der Waals surface area contributed by atoms with Crippen LogP contribution in [0.2, 0.25) is 0 Å². The lowest BCUT2D eigenvalue weighted by molar-refractivity contribution is -0.0218. The van der Waals surface area contributed by atoms with Gasteiger partial charge in [-0.2, -0.15) is 0 Å². The molecule has 0 amide bonds. The van der Waals surface area contributed by atoms with Gasteiger partial charge in [0.25, 0.3) is 0 Å². The van der Waals surface area contributed by atoms with Gasteiger partial charge in [0.15, 0.2) is 0 Å². The largest absolute Gasteiger partial charge is 0.487 e. The number of hydrogen-bond donors (Lipinski definition) is 2. The summed E-state index contributed by atoms with van der Waals surface area (Å²) in [6.45, 7) is 3.65. The Morgan fingerprint density at radius 3 is 2.83 bits per heavy atom. The molecule has 2 atom stereocenters. The summed E-state index contributed by atoms with van der Waals surface area (Å²) in [5.74, 6) is 0.0353. The van der Waals surface area contributed by atoms with E-state index >= 15 is 0 Å². The van der Waals surface area contributed by atoms with Crippen LogP contribution in [0.25, 0.3) is 0 Å². The third-order valence-corrected chi connectivity index (χ3v) is 3.97. The molecule has 1 heterocycles. The number of rotatable bonds is 2. The summed E-state index contributed by atoms with van der Waals surface area (Å²) in [6, 6.07) is 3.03. The smallest absolute Gasteiger partial charge is 0.141 e. The van der Waals surface area contributed by atoms with Crippen molar-refractivity contribution in [3.05, 3.63) is 28.0 Å². The van der Waals surface area contributed by atoms with Crippen LogP contribution in [0.5, 0.6) is 5.75 Å². The first-order valence-corrected chi connectivity index (χ1v) is 6.59. The molecule has 2 N–H and O–H groups in total. The van der Waals surface area contributed by atoms with E-state index in [1.165, 1.54) is 6.07 Å². The predicted octanol–water partition coefficient (Wildman–Crippen LogP) is 2.37. The van der Waals surface area contributed by atoms with Crippen LogP contribution in [0.1, 0.15) is 25.8 Å². The first-order valence-electron chi connectivity index (χ1n) is 5.80. The Balaban J connectivity index is 2.43. The molecule has 0 fully saturated rings. The van der Waals surface area contributed by atoms with Crippen molar-refractivity contribution >= 4 is 15.9 Å². The molecule has 0 bridgehead atoms. The molecule has 0 spiro atoms. The number of hydrogen-bond acceptors (Lipinski definition) is 3. The Bertz CT molecular complexity index is 462. The Morgan fingerprint density at radius 2 is 2.22 bits per heavy atom. The van der Waals surface area contributed by atoms with Crippen LogP contribution in [0.4, 0.5) is 4.39 Å². The highest BCUT2D eigenvalue weighted by Crippen LogP contribution is 2.43. The van der Waals surface area contributed by atoms with Crippen LogP contribution in [-0.4, -0.2) is 29.0 Å². The highest BCUT2D eigenvalue weighted by Gasteiger charge is 2.38. The summed E-state index contributed by atoms with van der Waals surface area (Å²) < 4.78 is 19.5. The lowest BCUT2D eigenvalue weighted by Gasteiger charge is -2.39. The van der Waals surface area contributed by atoms with Crippen molar-refractivity contribution < 1.29 is 19.3 Å². The van der Waals surface area contributed by atoms with E-state index in [1.54, 1.807) is 6.07 Å². The number of benzene rings is 1. The third-order valence-electron chi connectivity index (χ3n) is 3.36. The molecular weight excluding hydrogens is 303 g/mol. The van der Waals surface area contributed by atoms with Gasteiger partial charge in [-0.05, 0) is 33.8 Å². The molecule has 0 saturated heterocycles. The fraction of sp³-hybridized carbons (Fsp3) is 0.538. The van der Waals surface area contributed by atoms with E-state index in [0.29, 0.717) is 16.6 Å². The summed E-state index contributed by atoms with van der Waals surface area (Å²) in [6.07, 6.45) is -0.901. The van der Waals surface area contributed by atoms with Crippen LogP contribution in [-0.2, 0) is 5.41 Å². The molecule has 3 nitrogen and oxygen atoms in total. The van der Waals surface area contributed by atoms with Crippen molar-refractivity contribution in [3.63, 3.8) is 0 Å². The van der Waals surface area contributed by atoms with Crippen molar-refractivity contribution in [2.75, 3.05) is 6.61 Å². The average Bonchev–Trinajstić information content (AvgIpc) is 2.30. The van der Waals surface area contributed by atoms with Crippen molar-refractivity contribution in [1.82, 2.24) is 0 Å². The fourth-order valence-corrected chi connectivity index (χ4v) is 2.65. The van der Waals surface area contributed by atoms with Gasteiger partial charge < -0.3 is 14.9 Å². The van der Waals surface area contributed by atoms with Gasteiger partial charge in [-0.15, -0.1) is 0 Å². The minimum Gasteiger partial charge on any atom is -0.487 e. The molecule has 1 aliphatic heterocycles. The number of fused-ring (bicyclic) bond motifs is 1. The zero-order valence-electron chi connectivity index (χ0n) is 10.3. The average molecular weight is 319 g/mol. The van der Waals surface area contributed by atoms with E-state index in [1.807, 2.05) is 13.8 Å². The van der Waals surface area contributed by atoms with Crippen LogP contribution >= 0.6 is 15.9 Å². The maximum absolute atomic E-state index is 13.5. The fourth-order valence-electron chi connectivity index (χ4n) is 2.30. The van der Waals surface area contributed by atoms with Crippen LogP contribution in [0.3, 0.4) is 0 Å². The van der Waals surface area contributed by atoms with Crippen molar-refractivity contribution in [1.29, 1.82) is 0 Å². The van der Waals surface area contributed by atoms with Gasteiger partial charge >= 0.3 is 0 Å².